The molecule has 0 aliphatic carbocycles. The van der Waals surface area contributed by atoms with Crippen molar-refractivity contribution in [1.82, 2.24) is 15.1 Å². The molecule has 2 aliphatic rings. The van der Waals surface area contributed by atoms with Gasteiger partial charge in [0.1, 0.15) is 0 Å². The Labute approximate surface area is 179 Å². The summed E-state index contributed by atoms with van der Waals surface area (Å²) in [6.45, 7) is 5.90. The first-order valence-corrected chi connectivity index (χ1v) is 11.0. The molecule has 6 heteroatoms. The summed E-state index contributed by atoms with van der Waals surface area (Å²) in [4.78, 5) is 19.1. The number of hydrogen-bond donors (Lipinski definition) is 2. The molecule has 1 saturated heterocycles. The molecule has 6 nitrogen and oxygen atoms in total. The molecule has 30 heavy (non-hydrogen) atoms. The van der Waals surface area contributed by atoms with Crippen LogP contribution in [0.15, 0.2) is 54.6 Å². The zero-order valence-electron chi connectivity index (χ0n) is 17.5. The molecule has 1 atom stereocenters. The van der Waals surface area contributed by atoms with E-state index in [1.165, 1.54) is 16.8 Å². The highest BCUT2D eigenvalue weighted by Crippen LogP contribution is 2.18. The molecule has 0 spiro atoms. The van der Waals surface area contributed by atoms with E-state index in [1.807, 2.05) is 23.1 Å². The third-order valence-corrected chi connectivity index (χ3v) is 6.07. The second kappa shape index (κ2) is 9.96. The molecule has 2 aliphatic heterocycles. The van der Waals surface area contributed by atoms with Crippen LogP contribution >= 0.6 is 0 Å². The second-order valence-corrected chi connectivity index (χ2v) is 8.26. The number of para-hydroxylation sites is 1. The quantitative estimate of drug-likeness (QED) is 0.797. The molecule has 2 heterocycles. The third-order valence-electron chi connectivity index (χ3n) is 6.07. The normalized spacial score (nSPS) is 18.4. The van der Waals surface area contributed by atoms with Gasteiger partial charge in [0.25, 0.3) is 0 Å². The Morgan fingerprint density at radius 2 is 1.70 bits per heavy atom. The van der Waals surface area contributed by atoms with Crippen LogP contribution in [-0.2, 0) is 13.0 Å². The molecule has 160 valence electrons. The zero-order chi connectivity index (χ0) is 20.8. The summed E-state index contributed by atoms with van der Waals surface area (Å²) in [6, 6.07) is 18.8. The molecule has 2 N–H and O–H groups in total. The smallest absolute Gasteiger partial charge is 0.317 e. The Balaban J connectivity index is 1.21. The fraction of sp³-hybridized carbons (Fsp3) is 0.458. The maximum atomic E-state index is 12.6. The Morgan fingerprint density at radius 1 is 0.933 bits per heavy atom. The highest BCUT2D eigenvalue weighted by Gasteiger charge is 2.21. The molecule has 0 aromatic heterocycles. The predicted octanol–water partition coefficient (Wildman–Crippen LogP) is 2.33. The van der Waals surface area contributed by atoms with Gasteiger partial charge in [0.05, 0.1) is 6.10 Å². The number of aliphatic hydroxyl groups excluding tert-OH is 1. The van der Waals surface area contributed by atoms with E-state index in [9.17, 15) is 9.90 Å². The number of nitrogens with zero attached hydrogens (tertiary/aromatic N) is 3. The van der Waals surface area contributed by atoms with E-state index in [-0.39, 0.29) is 12.6 Å². The van der Waals surface area contributed by atoms with E-state index < -0.39 is 6.10 Å². The summed E-state index contributed by atoms with van der Waals surface area (Å²) in [7, 11) is 0. The van der Waals surface area contributed by atoms with Gasteiger partial charge in [0.2, 0.25) is 0 Å². The van der Waals surface area contributed by atoms with Crippen LogP contribution in [0.5, 0.6) is 0 Å². The Morgan fingerprint density at radius 3 is 2.53 bits per heavy atom. The van der Waals surface area contributed by atoms with Crippen molar-refractivity contribution >= 4 is 11.7 Å². The van der Waals surface area contributed by atoms with E-state index in [0.717, 1.165) is 45.6 Å². The van der Waals surface area contributed by atoms with Crippen LogP contribution in [-0.4, -0.2) is 72.9 Å². The van der Waals surface area contributed by atoms with E-state index in [0.29, 0.717) is 13.1 Å². The summed E-state index contributed by atoms with van der Waals surface area (Å²) >= 11 is 0. The van der Waals surface area contributed by atoms with Gasteiger partial charge in [-0.05, 0) is 36.1 Å². The first-order chi connectivity index (χ1) is 14.7. The van der Waals surface area contributed by atoms with Crippen LogP contribution in [0.25, 0.3) is 0 Å². The van der Waals surface area contributed by atoms with E-state index in [4.69, 9.17) is 0 Å². The van der Waals surface area contributed by atoms with Crippen LogP contribution in [0, 0.1) is 0 Å². The Bertz CT molecular complexity index is 829. The summed E-state index contributed by atoms with van der Waals surface area (Å²) < 4.78 is 0. The van der Waals surface area contributed by atoms with Crippen LogP contribution in [0.1, 0.15) is 17.5 Å². The van der Waals surface area contributed by atoms with Crippen LogP contribution in [0.4, 0.5) is 10.5 Å². The second-order valence-electron chi connectivity index (χ2n) is 8.26. The van der Waals surface area contributed by atoms with Gasteiger partial charge in [-0.2, -0.15) is 0 Å². The summed E-state index contributed by atoms with van der Waals surface area (Å²) in [6.07, 6.45) is 1.39. The SMILES string of the molecule is O=C(NCC(O)CN1CCc2ccccc2C1)N1CCCN(c2ccccc2)CC1. The number of fused-ring (bicyclic) bond motifs is 1. The number of carbonyl (C=O) groups excluding carboxylic acids is 1. The maximum Gasteiger partial charge on any atom is 0.317 e. The van der Waals surface area contributed by atoms with Crippen molar-refractivity contribution in [3.05, 3.63) is 65.7 Å². The average Bonchev–Trinajstić information content (AvgIpc) is 3.04. The topological polar surface area (TPSA) is 59.1 Å². The molecule has 1 fully saturated rings. The number of anilines is 1. The number of benzene rings is 2. The van der Waals surface area contributed by atoms with Crippen LogP contribution < -0.4 is 10.2 Å². The number of rotatable bonds is 5. The number of β-amino-alcohol motifs (C(OH)–C–C–N with tert-alkyl or cyclic N) is 1. The highest BCUT2D eigenvalue weighted by atomic mass is 16.3. The minimum Gasteiger partial charge on any atom is -0.390 e. The lowest BCUT2D eigenvalue weighted by Gasteiger charge is -2.30. The Kier molecular flexibility index (Phi) is 6.87. The first-order valence-electron chi connectivity index (χ1n) is 11.0. The molecule has 2 amide bonds. The lowest BCUT2D eigenvalue weighted by molar-refractivity contribution is 0.103. The first kappa shape index (κ1) is 20.7. The summed E-state index contributed by atoms with van der Waals surface area (Å²) in [5.74, 6) is 0. The largest absolute Gasteiger partial charge is 0.390 e. The van der Waals surface area contributed by atoms with Crippen molar-refractivity contribution in [3.63, 3.8) is 0 Å². The molecule has 0 radical (unpaired) electrons. The number of hydrogen-bond acceptors (Lipinski definition) is 4. The van der Waals surface area contributed by atoms with E-state index in [2.05, 4.69) is 51.5 Å². The standard InChI is InChI=1S/C24H32N4O2/c29-23(19-26-14-11-20-7-4-5-8-21(20)18-26)17-25-24(30)28-13-6-12-27(15-16-28)22-9-2-1-3-10-22/h1-5,7-10,23,29H,6,11-19H2,(H,25,30). The highest BCUT2D eigenvalue weighted by molar-refractivity contribution is 5.74. The molecular formula is C24H32N4O2. The maximum absolute atomic E-state index is 12.6. The lowest BCUT2D eigenvalue weighted by atomic mass is 10.00. The van der Waals surface area contributed by atoms with Crippen molar-refractivity contribution in [3.8, 4) is 0 Å². The van der Waals surface area contributed by atoms with Crippen molar-refractivity contribution < 1.29 is 9.90 Å². The summed E-state index contributed by atoms with van der Waals surface area (Å²) in [5, 5.41) is 13.4. The average molecular weight is 409 g/mol. The van der Waals surface area contributed by atoms with Gasteiger partial charge < -0.3 is 20.2 Å². The van der Waals surface area contributed by atoms with Crippen molar-refractivity contribution in [2.45, 2.75) is 25.5 Å². The number of carbonyl (C=O) groups is 1. The van der Waals surface area contributed by atoms with Gasteiger partial charge in [-0.1, -0.05) is 42.5 Å². The van der Waals surface area contributed by atoms with Gasteiger partial charge >= 0.3 is 6.03 Å². The minimum absolute atomic E-state index is 0.0760. The van der Waals surface area contributed by atoms with E-state index >= 15 is 0 Å². The predicted molar refractivity (Wildman–Crippen MR) is 120 cm³/mol. The van der Waals surface area contributed by atoms with E-state index in [1.54, 1.807) is 0 Å². The minimum atomic E-state index is -0.563. The van der Waals surface area contributed by atoms with Crippen molar-refractivity contribution in [1.29, 1.82) is 0 Å². The molecule has 0 saturated carbocycles. The van der Waals surface area contributed by atoms with Crippen LogP contribution in [0.3, 0.4) is 0 Å². The van der Waals surface area contributed by atoms with Gasteiger partial charge in [0, 0.05) is 58.0 Å². The fourth-order valence-corrected chi connectivity index (χ4v) is 4.41. The molecule has 2 aromatic rings. The Hall–Kier alpha value is -2.57. The summed E-state index contributed by atoms with van der Waals surface area (Å²) in [5.41, 5.74) is 3.95. The number of aliphatic hydroxyl groups is 1. The van der Waals surface area contributed by atoms with Gasteiger partial charge in [-0.15, -0.1) is 0 Å². The van der Waals surface area contributed by atoms with Gasteiger partial charge in [-0.3, -0.25) is 4.90 Å². The molecule has 0 bridgehead atoms. The molecule has 1 unspecified atom stereocenters. The molecule has 4 rings (SSSR count). The zero-order valence-corrected chi connectivity index (χ0v) is 17.5. The van der Waals surface area contributed by atoms with Gasteiger partial charge in [-0.25, -0.2) is 4.79 Å². The van der Waals surface area contributed by atoms with Crippen molar-refractivity contribution in [2.75, 3.05) is 50.7 Å². The van der Waals surface area contributed by atoms with Crippen molar-refractivity contribution in [2.24, 2.45) is 0 Å². The third kappa shape index (κ3) is 5.32. The number of amides is 2. The monoisotopic (exact) mass is 408 g/mol. The molecule has 2 aromatic carbocycles. The van der Waals surface area contributed by atoms with Gasteiger partial charge in [0.15, 0.2) is 0 Å². The number of nitrogens with one attached hydrogen (secondary N) is 1. The fourth-order valence-electron chi connectivity index (χ4n) is 4.41. The molecular weight excluding hydrogens is 376 g/mol. The van der Waals surface area contributed by atoms with Crippen LogP contribution in [0.2, 0.25) is 0 Å². The number of urea groups is 1. The lowest BCUT2D eigenvalue weighted by Crippen LogP contribution is -2.47.